The summed E-state index contributed by atoms with van der Waals surface area (Å²) in [6.45, 7) is 6.32. The predicted molar refractivity (Wildman–Crippen MR) is 145 cm³/mol. The van der Waals surface area contributed by atoms with Crippen LogP contribution in [0.3, 0.4) is 0 Å². The molecule has 4 aliphatic heterocycles. The second-order valence-corrected chi connectivity index (χ2v) is 11.2. The van der Waals surface area contributed by atoms with E-state index in [2.05, 4.69) is 6.92 Å². The Labute approximate surface area is 230 Å². The molecule has 8 heteroatoms. The Morgan fingerprint density at radius 2 is 1.82 bits per heavy atom. The Morgan fingerprint density at radius 3 is 2.51 bits per heavy atom. The van der Waals surface area contributed by atoms with E-state index in [1.165, 1.54) is 4.90 Å². The Kier molecular flexibility index (Phi) is 7.71. The molecule has 1 aromatic carbocycles. The summed E-state index contributed by atoms with van der Waals surface area (Å²) < 4.78 is 12.7. The van der Waals surface area contributed by atoms with Gasteiger partial charge in [0.15, 0.2) is 0 Å². The topological polar surface area (TPSA) is 96.4 Å². The molecule has 2 unspecified atom stereocenters. The lowest BCUT2D eigenvalue weighted by atomic mass is 9.73. The summed E-state index contributed by atoms with van der Waals surface area (Å²) in [5.41, 5.74) is -1.74. The number of aliphatic hydroxyl groups excluding tert-OH is 1. The van der Waals surface area contributed by atoms with Crippen LogP contribution in [0.15, 0.2) is 54.6 Å². The summed E-state index contributed by atoms with van der Waals surface area (Å²) in [7, 11) is 0. The molecule has 8 nitrogen and oxygen atoms in total. The van der Waals surface area contributed by atoms with Crippen LogP contribution >= 0.6 is 0 Å². The molecule has 2 amide bonds. The maximum Gasteiger partial charge on any atom is 0.313 e. The Morgan fingerprint density at radius 1 is 1.05 bits per heavy atom. The lowest BCUT2D eigenvalue weighted by molar-refractivity contribution is -0.163. The number of carbonyl (C=O) groups excluding carboxylic acids is 3. The van der Waals surface area contributed by atoms with Crippen molar-refractivity contribution in [3.05, 3.63) is 60.2 Å². The number of cyclic esters (lactones) is 1. The average molecular weight is 537 g/mol. The van der Waals surface area contributed by atoms with Gasteiger partial charge in [0.1, 0.15) is 23.2 Å². The number of aliphatic hydroxyl groups is 1. The molecule has 5 rings (SSSR count). The van der Waals surface area contributed by atoms with E-state index in [9.17, 15) is 19.5 Å². The Bertz CT molecular complexity index is 1150. The summed E-state index contributed by atoms with van der Waals surface area (Å²) in [6.07, 6.45) is 11.3. The first kappa shape index (κ1) is 27.6. The summed E-state index contributed by atoms with van der Waals surface area (Å²) in [6, 6.07) is 7.39. The van der Waals surface area contributed by atoms with Crippen molar-refractivity contribution in [3.8, 4) is 0 Å². The van der Waals surface area contributed by atoms with Gasteiger partial charge in [0.05, 0.1) is 25.2 Å². The van der Waals surface area contributed by atoms with Crippen molar-refractivity contribution in [2.75, 3.05) is 19.8 Å². The second kappa shape index (κ2) is 10.9. The van der Waals surface area contributed by atoms with E-state index in [0.717, 1.165) is 24.8 Å². The molecule has 0 saturated carbocycles. The highest BCUT2D eigenvalue weighted by Crippen LogP contribution is 2.59. The quantitative estimate of drug-likeness (QED) is 0.423. The van der Waals surface area contributed by atoms with Gasteiger partial charge < -0.3 is 24.4 Å². The van der Waals surface area contributed by atoms with Crippen LogP contribution in [0.25, 0.3) is 0 Å². The van der Waals surface area contributed by atoms with E-state index in [1.54, 1.807) is 0 Å². The van der Waals surface area contributed by atoms with Crippen LogP contribution in [0, 0.1) is 11.8 Å². The van der Waals surface area contributed by atoms with Crippen molar-refractivity contribution in [2.45, 2.75) is 82.2 Å². The number of likely N-dealkylation sites (tertiary alicyclic amines) is 1. The van der Waals surface area contributed by atoms with Gasteiger partial charge in [-0.05, 0) is 38.2 Å². The number of allylic oxidation sites excluding steroid dienone is 1. The zero-order chi connectivity index (χ0) is 27.8. The van der Waals surface area contributed by atoms with E-state index in [1.807, 2.05) is 73.4 Å². The number of fused-ring (bicyclic) bond motifs is 2. The summed E-state index contributed by atoms with van der Waals surface area (Å²) in [5, 5.41) is 10.6. The molecule has 0 radical (unpaired) electrons. The SMILES string of the molecule is CCCC(C)N1CC=C[C@]23O[C@@]4(CC)/C=C\CCCOC(=O)[C@H]4[C@H]2C(=O)N([C@H](CO)c2ccccc2)C3C1=O. The highest BCUT2D eigenvalue weighted by Gasteiger charge is 2.76. The molecule has 0 aromatic heterocycles. The lowest BCUT2D eigenvalue weighted by Crippen LogP contribution is -2.58. The van der Waals surface area contributed by atoms with Gasteiger partial charge in [0.25, 0.3) is 0 Å². The zero-order valence-electron chi connectivity index (χ0n) is 23.1. The molecule has 1 aromatic rings. The smallest absolute Gasteiger partial charge is 0.313 e. The first-order chi connectivity index (χ1) is 18.8. The minimum Gasteiger partial charge on any atom is -0.465 e. The fraction of sp³-hybridized carbons (Fsp3) is 0.581. The molecule has 2 fully saturated rings. The maximum atomic E-state index is 14.6. The van der Waals surface area contributed by atoms with Crippen molar-refractivity contribution < 1.29 is 29.0 Å². The number of amides is 2. The second-order valence-electron chi connectivity index (χ2n) is 11.2. The normalized spacial score (nSPS) is 34.7. The molecule has 0 aliphatic carbocycles. The van der Waals surface area contributed by atoms with Crippen molar-refractivity contribution >= 4 is 17.8 Å². The standard InChI is InChI=1S/C31H40N2O6/c1-4-13-21(3)32-18-12-17-31-24(25-29(37)38-19-11-7-10-16-30(25,5-2)39-31)27(35)33(26(31)28(32)36)23(20-34)22-14-8-6-9-15-22/h6,8-10,12,14-17,21,23-26,34H,4-5,7,11,13,18-20H2,1-3H3/b16-10-/t21?,23-,24+,25-,26?,30+,31+/m1/s1. The predicted octanol–water partition coefficient (Wildman–Crippen LogP) is 3.56. The molecule has 7 atom stereocenters. The first-order valence-corrected chi connectivity index (χ1v) is 14.4. The maximum absolute atomic E-state index is 14.6. The minimum atomic E-state index is -1.37. The van der Waals surface area contributed by atoms with Gasteiger partial charge in [-0.1, -0.05) is 74.9 Å². The summed E-state index contributed by atoms with van der Waals surface area (Å²) in [4.78, 5) is 46.2. The van der Waals surface area contributed by atoms with Crippen molar-refractivity contribution in [2.24, 2.45) is 11.8 Å². The third-order valence-corrected chi connectivity index (χ3v) is 9.03. The van der Waals surface area contributed by atoms with Gasteiger partial charge in [-0.2, -0.15) is 0 Å². The van der Waals surface area contributed by atoms with Crippen LogP contribution in [-0.2, 0) is 23.9 Å². The van der Waals surface area contributed by atoms with E-state index >= 15 is 0 Å². The van der Waals surface area contributed by atoms with Gasteiger partial charge in [0, 0.05) is 12.6 Å². The average Bonchev–Trinajstić information content (AvgIpc) is 3.31. The third kappa shape index (κ3) is 4.32. The van der Waals surface area contributed by atoms with Crippen molar-refractivity contribution in [1.82, 2.24) is 9.80 Å². The number of rotatable bonds is 7. The molecule has 4 heterocycles. The summed E-state index contributed by atoms with van der Waals surface area (Å²) >= 11 is 0. The van der Waals surface area contributed by atoms with Gasteiger partial charge in [-0.15, -0.1) is 0 Å². The molecule has 1 spiro atoms. The van der Waals surface area contributed by atoms with E-state index in [0.29, 0.717) is 19.4 Å². The van der Waals surface area contributed by atoms with Gasteiger partial charge >= 0.3 is 5.97 Å². The molecule has 1 N–H and O–H groups in total. The van der Waals surface area contributed by atoms with Crippen LogP contribution in [0.2, 0.25) is 0 Å². The molecular formula is C31H40N2O6. The largest absolute Gasteiger partial charge is 0.465 e. The molecule has 4 aliphatic rings. The van der Waals surface area contributed by atoms with Gasteiger partial charge in [-0.3, -0.25) is 14.4 Å². The third-order valence-electron chi connectivity index (χ3n) is 9.03. The number of hydrogen-bond donors (Lipinski definition) is 1. The van der Waals surface area contributed by atoms with Gasteiger partial charge in [0.2, 0.25) is 11.8 Å². The molecule has 0 bridgehead atoms. The molecular weight excluding hydrogens is 496 g/mol. The van der Waals surface area contributed by atoms with Crippen LogP contribution in [0.5, 0.6) is 0 Å². The monoisotopic (exact) mass is 536 g/mol. The minimum absolute atomic E-state index is 0.0498. The Balaban J connectivity index is 1.71. The number of ether oxygens (including phenoxy) is 2. The van der Waals surface area contributed by atoms with E-state index in [-0.39, 0.29) is 31.1 Å². The number of esters is 1. The van der Waals surface area contributed by atoms with Crippen LogP contribution in [-0.4, -0.2) is 75.7 Å². The van der Waals surface area contributed by atoms with Crippen molar-refractivity contribution in [3.63, 3.8) is 0 Å². The highest BCUT2D eigenvalue weighted by atomic mass is 16.6. The van der Waals surface area contributed by atoms with Crippen molar-refractivity contribution in [1.29, 1.82) is 0 Å². The zero-order valence-corrected chi connectivity index (χ0v) is 23.1. The van der Waals surface area contributed by atoms with Crippen LogP contribution in [0.4, 0.5) is 0 Å². The molecule has 2 saturated heterocycles. The number of benzene rings is 1. The van der Waals surface area contributed by atoms with E-state index < -0.39 is 41.1 Å². The molecule has 210 valence electrons. The molecule has 39 heavy (non-hydrogen) atoms. The van der Waals surface area contributed by atoms with Gasteiger partial charge in [-0.25, -0.2) is 0 Å². The van der Waals surface area contributed by atoms with E-state index in [4.69, 9.17) is 9.47 Å². The fourth-order valence-corrected chi connectivity index (χ4v) is 7.17. The highest BCUT2D eigenvalue weighted by molar-refractivity contribution is 5.99. The Hall–Kier alpha value is -2.97. The van der Waals surface area contributed by atoms with Crippen LogP contribution < -0.4 is 0 Å². The van der Waals surface area contributed by atoms with Crippen LogP contribution in [0.1, 0.15) is 64.5 Å². The number of hydrogen-bond acceptors (Lipinski definition) is 6. The first-order valence-electron chi connectivity index (χ1n) is 14.4. The number of carbonyl (C=O) groups is 3. The lowest BCUT2D eigenvalue weighted by Gasteiger charge is -2.41. The number of nitrogens with zero attached hydrogens (tertiary/aromatic N) is 2. The fourth-order valence-electron chi connectivity index (χ4n) is 7.17. The summed E-state index contributed by atoms with van der Waals surface area (Å²) in [5.74, 6) is -2.93.